The van der Waals surface area contributed by atoms with E-state index in [0.717, 1.165) is 36.1 Å². The van der Waals surface area contributed by atoms with Gasteiger partial charge < -0.3 is 24.4 Å². The van der Waals surface area contributed by atoms with E-state index in [1.54, 1.807) is 11.8 Å². The van der Waals surface area contributed by atoms with Crippen molar-refractivity contribution < 1.29 is 29.0 Å². The second-order valence-electron chi connectivity index (χ2n) is 11.1. The van der Waals surface area contributed by atoms with Gasteiger partial charge in [0.1, 0.15) is 23.2 Å². The van der Waals surface area contributed by atoms with E-state index in [2.05, 4.69) is 0 Å². The van der Waals surface area contributed by atoms with Crippen molar-refractivity contribution in [3.8, 4) is 0 Å². The molecule has 0 bridgehead atoms. The first-order chi connectivity index (χ1) is 18.2. The average molecular weight is 523 g/mol. The molecule has 1 N–H and O–H groups in total. The van der Waals surface area contributed by atoms with Gasteiger partial charge in [0.05, 0.1) is 25.2 Å². The molecule has 2 fully saturated rings. The summed E-state index contributed by atoms with van der Waals surface area (Å²) < 4.78 is 12.6. The fourth-order valence-corrected chi connectivity index (χ4v) is 6.77. The highest BCUT2D eigenvalue weighted by Crippen LogP contribution is 2.58. The summed E-state index contributed by atoms with van der Waals surface area (Å²) in [7, 11) is 0. The summed E-state index contributed by atoms with van der Waals surface area (Å²) in [6, 6.07) is 4.27. The molecule has 38 heavy (non-hydrogen) atoms. The first-order valence-electron chi connectivity index (χ1n) is 13.7. The topological polar surface area (TPSA) is 96.4 Å². The molecule has 1 spiro atoms. The molecule has 0 aromatic heterocycles. The van der Waals surface area contributed by atoms with Crippen molar-refractivity contribution in [2.45, 2.75) is 76.7 Å². The second-order valence-corrected chi connectivity index (χ2v) is 11.1. The van der Waals surface area contributed by atoms with Crippen LogP contribution in [0.3, 0.4) is 0 Å². The Kier molecular flexibility index (Phi) is 6.99. The van der Waals surface area contributed by atoms with Crippen LogP contribution in [0.15, 0.2) is 42.5 Å². The summed E-state index contributed by atoms with van der Waals surface area (Å²) in [5.41, 5.74) is 0.269. The van der Waals surface area contributed by atoms with Crippen LogP contribution in [0.5, 0.6) is 0 Å². The predicted molar refractivity (Wildman–Crippen MR) is 142 cm³/mol. The first kappa shape index (κ1) is 26.6. The van der Waals surface area contributed by atoms with E-state index in [1.807, 2.05) is 63.3 Å². The molecule has 0 radical (unpaired) electrons. The van der Waals surface area contributed by atoms with Gasteiger partial charge in [0, 0.05) is 12.2 Å². The number of esters is 1. The zero-order valence-electron chi connectivity index (χ0n) is 22.7. The number of benzene rings is 1. The molecule has 1 aromatic carbocycles. The van der Waals surface area contributed by atoms with Crippen LogP contribution >= 0.6 is 0 Å². The van der Waals surface area contributed by atoms with Crippen LogP contribution in [0, 0.1) is 25.7 Å². The molecule has 4 aliphatic rings. The minimum atomic E-state index is -1.37. The molecule has 6 atom stereocenters. The van der Waals surface area contributed by atoms with Crippen LogP contribution < -0.4 is 4.90 Å². The van der Waals surface area contributed by atoms with Crippen molar-refractivity contribution in [1.82, 2.24) is 4.90 Å². The van der Waals surface area contributed by atoms with Crippen molar-refractivity contribution in [2.75, 3.05) is 24.7 Å². The van der Waals surface area contributed by atoms with Gasteiger partial charge in [-0.05, 0) is 63.6 Å². The maximum Gasteiger partial charge on any atom is 0.313 e. The van der Waals surface area contributed by atoms with Gasteiger partial charge in [0.2, 0.25) is 5.91 Å². The lowest BCUT2D eigenvalue weighted by Gasteiger charge is -2.40. The molecule has 0 saturated carbocycles. The molecule has 5 rings (SSSR count). The number of allylic oxidation sites excluding steroid dienone is 1. The van der Waals surface area contributed by atoms with Gasteiger partial charge in [-0.25, -0.2) is 0 Å². The van der Waals surface area contributed by atoms with Crippen LogP contribution in [0.2, 0.25) is 0 Å². The SMILES string of the molecule is CC[C@@]12/C=C\CCCCOC(=O)[C@@H]1[C@H]1C(=O)N([C@H](C)CO)C3C(=O)N(c4cc(C)ccc4C)CC=C[C@@]31O2. The van der Waals surface area contributed by atoms with Crippen LogP contribution in [0.1, 0.15) is 50.7 Å². The minimum Gasteiger partial charge on any atom is -0.465 e. The standard InChI is InChI=1S/C30H38N2O6/c1-5-29-13-8-6-7-9-16-37-28(36)24(29)23-26(34)32(21(4)18-33)25-27(35)31(15-10-14-30(23,25)38-29)22-17-19(2)11-12-20(22)3/h8,10-14,17,21,23-25,33H,5-7,9,15-16,18H2,1-4H3/b13-8-/t21-,23+,24+,25?,29-,30+/m1/s1. The summed E-state index contributed by atoms with van der Waals surface area (Å²) in [6.07, 6.45) is 10.5. The summed E-state index contributed by atoms with van der Waals surface area (Å²) in [5, 5.41) is 10.1. The third kappa shape index (κ3) is 3.92. The first-order valence-corrected chi connectivity index (χ1v) is 13.7. The number of carbonyl (C=O) groups excluding carboxylic acids is 3. The number of rotatable bonds is 4. The number of fused-ring (bicyclic) bond motifs is 2. The maximum atomic E-state index is 14.5. The average Bonchev–Trinajstić information content (AvgIpc) is 3.27. The number of cyclic esters (lactones) is 1. The van der Waals surface area contributed by atoms with Gasteiger partial charge in [-0.3, -0.25) is 14.4 Å². The number of ether oxygens (including phenoxy) is 2. The summed E-state index contributed by atoms with van der Waals surface area (Å²) in [5.74, 6) is -2.97. The van der Waals surface area contributed by atoms with Crippen LogP contribution in [0.4, 0.5) is 5.69 Å². The van der Waals surface area contributed by atoms with Gasteiger partial charge in [-0.2, -0.15) is 0 Å². The fraction of sp³-hybridized carbons (Fsp3) is 0.567. The number of hydrogen-bond acceptors (Lipinski definition) is 6. The maximum absolute atomic E-state index is 14.5. The summed E-state index contributed by atoms with van der Waals surface area (Å²) in [6.45, 7) is 7.85. The highest BCUT2D eigenvalue weighted by atomic mass is 16.6. The monoisotopic (exact) mass is 522 g/mol. The zero-order chi connectivity index (χ0) is 27.2. The lowest BCUT2D eigenvalue weighted by molar-refractivity contribution is -0.161. The fourth-order valence-electron chi connectivity index (χ4n) is 6.77. The molecule has 204 valence electrons. The Morgan fingerprint density at radius 1 is 1.08 bits per heavy atom. The lowest BCUT2D eigenvalue weighted by Crippen LogP contribution is -2.58. The minimum absolute atomic E-state index is 0.284. The number of anilines is 1. The van der Waals surface area contributed by atoms with Gasteiger partial charge in [0.15, 0.2) is 0 Å². The number of hydrogen-bond donors (Lipinski definition) is 1. The van der Waals surface area contributed by atoms with Gasteiger partial charge >= 0.3 is 5.97 Å². The van der Waals surface area contributed by atoms with Crippen molar-refractivity contribution in [3.63, 3.8) is 0 Å². The Balaban J connectivity index is 1.69. The van der Waals surface area contributed by atoms with E-state index in [0.29, 0.717) is 13.0 Å². The third-order valence-corrected chi connectivity index (χ3v) is 8.72. The number of nitrogens with zero attached hydrogens (tertiary/aromatic N) is 2. The predicted octanol–water partition coefficient (Wildman–Crippen LogP) is 3.23. The van der Waals surface area contributed by atoms with Gasteiger partial charge in [-0.15, -0.1) is 0 Å². The molecule has 8 nitrogen and oxygen atoms in total. The number of aryl methyl sites for hydroxylation is 2. The zero-order valence-corrected chi connectivity index (χ0v) is 22.7. The second kappa shape index (κ2) is 9.97. The largest absolute Gasteiger partial charge is 0.465 e. The molecule has 2 saturated heterocycles. The quantitative estimate of drug-likeness (QED) is 0.482. The van der Waals surface area contributed by atoms with Gasteiger partial charge in [-0.1, -0.05) is 43.4 Å². The molecule has 2 amide bonds. The van der Waals surface area contributed by atoms with E-state index in [4.69, 9.17) is 9.47 Å². The van der Waals surface area contributed by atoms with E-state index >= 15 is 0 Å². The number of carbonyl (C=O) groups is 3. The smallest absolute Gasteiger partial charge is 0.313 e. The Morgan fingerprint density at radius 2 is 1.87 bits per heavy atom. The lowest BCUT2D eigenvalue weighted by atomic mass is 9.73. The summed E-state index contributed by atoms with van der Waals surface area (Å²) >= 11 is 0. The molecule has 4 aliphatic heterocycles. The van der Waals surface area contributed by atoms with Crippen LogP contribution in [0.25, 0.3) is 0 Å². The van der Waals surface area contributed by atoms with Crippen LogP contribution in [-0.4, -0.2) is 70.8 Å². The highest BCUT2D eigenvalue weighted by molar-refractivity contribution is 6.06. The van der Waals surface area contributed by atoms with Crippen LogP contribution in [-0.2, 0) is 23.9 Å². The molecule has 1 unspecified atom stereocenters. The molecule has 8 heteroatoms. The number of amides is 2. The molecule has 1 aromatic rings. The van der Waals surface area contributed by atoms with Crippen molar-refractivity contribution in [3.05, 3.63) is 53.6 Å². The molecular formula is C30H38N2O6. The van der Waals surface area contributed by atoms with Crippen molar-refractivity contribution in [1.29, 1.82) is 0 Å². The summed E-state index contributed by atoms with van der Waals surface area (Å²) in [4.78, 5) is 45.6. The van der Waals surface area contributed by atoms with Gasteiger partial charge in [0.25, 0.3) is 5.91 Å². The van der Waals surface area contributed by atoms with E-state index in [-0.39, 0.29) is 25.0 Å². The normalized spacial score (nSPS) is 34.8. The molecule has 0 aliphatic carbocycles. The third-order valence-electron chi connectivity index (χ3n) is 8.72. The highest BCUT2D eigenvalue weighted by Gasteiger charge is 2.75. The van der Waals surface area contributed by atoms with E-state index < -0.39 is 41.1 Å². The van der Waals surface area contributed by atoms with Crippen molar-refractivity contribution in [2.24, 2.45) is 11.8 Å². The number of likely N-dealkylation sites (tertiary alicyclic amines) is 1. The number of aliphatic hydroxyl groups is 1. The Hall–Kier alpha value is -2.97. The Bertz CT molecular complexity index is 1190. The van der Waals surface area contributed by atoms with E-state index in [1.165, 1.54) is 4.90 Å². The van der Waals surface area contributed by atoms with E-state index in [9.17, 15) is 19.5 Å². The Labute approximate surface area is 224 Å². The van der Waals surface area contributed by atoms with Crippen molar-refractivity contribution >= 4 is 23.5 Å². The molecular weight excluding hydrogens is 484 g/mol. The Morgan fingerprint density at radius 3 is 2.61 bits per heavy atom. The molecule has 4 heterocycles. The number of aliphatic hydroxyl groups excluding tert-OH is 1.